The van der Waals surface area contributed by atoms with Gasteiger partial charge in [0.1, 0.15) is 6.33 Å². The van der Waals surface area contributed by atoms with Crippen molar-refractivity contribution in [3.05, 3.63) is 46.5 Å². The first-order valence-corrected chi connectivity index (χ1v) is 6.88. The number of benzene rings is 1. The molecule has 2 aromatic rings. The predicted molar refractivity (Wildman–Crippen MR) is 73.2 cm³/mol. The van der Waals surface area contributed by atoms with Crippen molar-refractivity contribution in [3.8, 4) is 0 Å². The monoisotopic (exact) mass is 306 g/mol. The highest BCUT2D eigenvalue weighted by Gasteiger charge is 2.30. The summed E-state index contributed by atoms with van der Waals surface area (Å²) < 4.78 is 3.11. The first-order valence-electron chi connectivity index (χ1n) is 6.09. The lowest BCUT2D eigenvalue weighted by Crippen LogP contribution is -2.41. The molecule has 0 unspecified atom stereocenters. The molecule has 0 radical (unpaired) electrons. The number of hydrogen-bond acceptors (Lipinski definition) is 3. The van der Waals surface area contributed by atoms with Gasteiger partial charge in [0.05, 0.1) is 6.04 Å². The van der Waals surface area contributed by atoms with E-state index in [1.54, 1.807) is 6.33 Å². The highest BCUT2D eigenvalue weighted by atomic mass is 79.9. The van der Waals surface area contributed by atoms with Gasteiger partial charge in [-0.1, -0.05) is 28.1 Å². The number of hydrogen-bond donors (Lipinski definition) is 0. The van der Waals surface area contributed by atoms with Gasteiger partial charge in [0.15, 0.2) is 5.82 Å². The average Bonchev–Trinajstić information content (AvgIpc) is 2.69. The minimum Gasteiger partial charge on any atom is -0.319 e. The summed E-state index contributed by atoms with van der Waals surface area (Å²) in [5.41, 5.74) is 1.26. The molecule has 0 aliphatic carbocycles. The van der Waals surface area contributed by atoms with Crippen molar-refractivity contribution in [1.29, 1.82) is 0 Å². The Morgan fingerprint density at radius 1 is 1.33 bits per heavy atom. The number of aryl methyl sites for hydroxylation is 1. The maximum absolute atomic E-state index is 4.28. The highest BCUT2D eigenvalue weighted by Crippen LogP contribution is 2.31. The number of aromatic nitrogens is 3. The normalized spacial score (nSPS) is 17.4. The van der Waals surface area contributed by atoms with E-state index in [4.69, 9.17) is 0 Å². The van der Waals surface area contributed by atoms with E-state index >= 15 is 0 Å². The lowest BCUT2D eigenvalue weighted by molar-refractivity contribution is 0.133. The molecule has 94 valence electrons. The van der Waals surface area contributed by atoms with Crippen LogP contribution in [0.15, 0.2) is 35.1 Å². The van der Waals surface area contributed by atoms with Crippen LogP contribution in [0.4, 0.5) is 0 Å². The smallest absolute Gasteiger partial charge is 0.154 e. The van der Waals surface area contributed by atoms with Gasteiger partial charge in [0, 0.05) is 24.6 Å². The minimum atomic E-state index is 0.212. The number of halogens is 1. The Hall–Kier alpha value is -1.20. The molecular weight excluding hydrogens is 292 g/mol. The largest absolute Gasteiger partial charge is 0.319 e. The second-order valence-corrected chi connectivity index (χ2v) is 5.56. The van der Waals surface area contributed by atoms with E-state index in [1.165, 1.54) is 12.0 Å². The summed E-state index contributed by atoms with van der Waals surface area (Å²) in [5.74, 6) is 1.01. The summed E-state index contributed by atoms with van der Waals surface area (Å²) in [5, 5.41) is 8.29. The zero-order valence-electron chi connectivity index (χ0n) is 10.3. The quantitative estimate of drug-likeness (QED) is 0.873. The zero-order chi connectivity index (χ0) is 12.5. The Labute approximate surface area is 115 Å². The molecule has 1 atom stereocenters. The molecular formula is C13H15BrN4. The third kappa shape index (κ3) is 2.08. The van der Waals surface area contributed by atoms with Crippen LogP contribution in [0.25, 0.3) is 0 Å². The van der Waals surface area contributed by atoms with E-state index in [0.29, 0.717) is 0 Å². The van der Waals surface area contributed by atoms with Gasteiger partial charge in [-0.3, -0.25) is 4.90 Å². The lowest BCUT2D eigenvalue weighted by atomic mass is 10.0. The molecule has 18 heavy (non-hydrogen) atoms. The first kappa shape index (κ1) is 11.9. The van der Waals surface area contributed by atoms with Crippen molar-refractivity contribution in [3.63, 3.8) is 0 Å². The molecule has 1 aromatic carbocycles. The van der Waals surface area contributed by atoms with Gasteiger partial charge >= 0.3 is 0 Å². The molecule has 1 aromatic heterocycles. The second kappa shape index (κ2) is 4.82. The third-order valence-electron chi connectivity index (χ3n) is 3.41. The lowest BCUT2D eigenvalue weighted by Gasteiger charge is -2.37. The maximum atomic E-state index is 4.28. The molecule has 1 fully saturated rings. The van der Waals surface area contributed by atoms with Gasteiger partial charge in [-0.2, -0.15) is 0 Å². The molecule has 0 amide bonds. The van der Waals surface area contributed by atoms with E-state index in [0.717, 1.165) is 23.4 Å². The van der Waals surface area contributed by atoms with Crippen LogP contribution in [0.3, 0.4) is 0 Å². The summed E-state index contributed by atoms with van der Waals surface area (Å²) in [4.78, 5) is 2.44. The standard InChI is InChI=1S/C13H15BrN4/c1-17-9-15-16-13(17)12(18-6-3-7-18)10-4-2-5-11(14)8-10/h2,4-5,8-9,12H,3,6-7H2,1H3/t12-/m0/s1. The van der Waals surface area contributed by atoms with Crippen molar-refractivity contribution < 1.29 is 0 Å². The van der Waals surface area contributed by atoms with Crippen LogP contribution in [-0.2, 0) is 7.05 Å². The van der Waals surface area contributed by atoms with Crippen molar-refractivity contribution in [2.24, 2.45) is 7.05 Å². The minimum absolute atomic E-state index is 0.212. The van der Waals surface area contributed by atoms with E-state index in [2.05, 4.69) is 49.2 Å². The van der Waals surface area contributed by atoms with Crippen molar-refractivity contribution in [2.45, 2.75) is 12.5 Å². The topological polar surface area (TPSA) is 34.0 Å². The molecule has 0 saturated carbocycles. The van der Waals surface area contributed by atoms with Crippen LogP contribution in [0.5, 0.6) is 0 Å². The van der Waals surface area contributed by atoms with Crippen LogP contribution in [-0.4, -0.2) is 32.8 Å². The molecule has 3 rings (SSSR count). The van der Waals surface area contributed by atoms with Crippen LogP contribution in [0, 0.1) is 0 Å². The van der Waals surface area contributed by atoms with Gasteiger partial charge in [-0.05, 0) is 24.1 Å². The van der Waals surface area contributed by atoms with E-state index in [-0.39, 0.29) is 6.04 Å². The SMILES string of the molecule is Cn1cnnc1[C@H](c1cccc(Br)c1)N1CCC1. The van der Waals surface area contributed by atoms with Gasteiger partial charge in [-0.25, -0.2) is 0 Å². The molecule has 0 bridgehead atoms. The predicted octanol–water partition coefficient (Wildman–Crippen LogP) is 2.37. The van der Waals surface area contributed by atoms with Gasteiger partial charge in [-0.15, -0.1) is 10.2 Å². The van der Waals surface area contributed by atoms with E-state index in [1.807, 2.05) is 17.7 Å². The number of likely N-dealkylation sites (tertiary alicyclic amines) is 1. The summed E-state index contributed by atoms with van der Waals surface area (Å²) >= 11 is 3.54. The molecule has 1 aliphatic rings. The summed E-state index contributed by atoms with van der Waals surface area (Å²) in [6.07, 6.45) is 3.03. The Bertz CT molecular complexity index is 547. The van der Waals surface area contributed by atoms with Gasteiger partial charge < -0.3 is 4.57 Å². The summed E-state index contributed by atoms with van der Waals surface area (Å²) in [6.45, 7) is 2.26. The summed E-state index contributed by atoms with van der Waals surface area (Å²) in [6, 6.07) is 8.65. The fraction of sp³-hybridized carbons (Fsp3) is 0.385. The maximum Gasteiger partial charge on any atom is 0.154 e. The van der Waals surface area contributed by atoms with Crippen molar-refractivity contribution in [1.82, 2.24) is 19.7 Å². The van der Waals surface area contributed by atoms with Crippen LogP contribution >= 0.6 is 15.9 Å². The van der Waals surface area contributed by atoms with Gasteiger partial charge in [0.2, 0.25) is 0 Å². The highest BCUT2D eigenvalue weighted by molar-refractivity contribution is 9.10. The molecule has 0 N–H and O–H groups in total. The zero-order valence-corrected chi connectivity index (χ0v) is 11.8. The third-order valence-corrected chi connectivity index (χ3v) is 3.90. The van der Waals surface area contributed by atoms with Crippen LogP contribution in [0.2, 0.25) is 0 Å². The average molecular weight is 307 g/mol. The molecule has 1 aliphatic heterocycles. The van der Waals surface area contributed by atoms with E-state index < -0.39 is 0 Å². The molecule has 0 spiro atoms. The van der Waals surface area contributed by atoms with E-state index in [9.17, 15) is 0 Å². The van der Waals surface area contributed by atoms with Crippen molar-refractivity contribution in [2.75, 3.05) is 13.1 Å². The number of nitrogens with zero attached hydrogens (tertiary/aromatic N) is 4. The fourth-order valence-corrected chi connectivity index (χ4v) is 2.76. The molecule has 2 heterocycles. The number of rotatable bonds is 3. The molecule has 4 nitrogen and oxygen atoms in total. The fourth-order valence-electron chi connectivity index (χ4n) is 2.34. The molecule has 5 heteroatoms. The first-order chi connectivity index (χ1) is 8.75. The Kier molecular flexibility index (Phi) is 3.18. The Morgan fingerprint density at radius 2 is 2.17 bits per heavy atom. The van der Waals surface area contributed by atoms with Gasteiger partial charge in [0.25, 0.3) is 0 Å². The van der Waals surface area contributed by atoms with Crippen LogP contribution in [0.1, 0.15) is 23.9 Å². The van der Waals surface area contributed by atoms with Crippen LogP contribution < -0.4 is 0 Å². The second-order valence-electron chi connectivity index (χ2n) is 4.65. The van der Waals surface area contributed by atoms with Crippen molar-refractivity contribution >= 4 is 15.9 Å². The molecule has 1 saturated heterocycles. The Morgan fingerprint density at radius 3 is 2.72 bits per heavy atom. The Balaban J connectivity index is 2.03. The summed E-state index contributed by atoms with van der Waals surface area (Å²) in [7, 11) is 2.00.